The van der Waals surface area contributed by atoms with E-state index < -0.39 is 11.9 Å². The number of rotatable bonds is 8. The Labute approximate surface area is 159 Å². The van der Waals surface area contributed by atoms with Gasteiger partial charge in [0.05, 0.1) is 25.2 Å². The molecular formula is C21H25NO5. The van der Waals surface area contributed by atoms with E-state index in [-0.39, 0.29) is 5.91 Å². The molecule has 2 aromatic carbocycles. The number of aliphatic carboxylic acids is 1. The van der Waals surface area contributed by atoms with Crippen LogP contribution in [0.15, 0.2) is 42.5 Å². The van der Waals surface area contributed by atoms with Crippen molar-refractivity contribution in [3.8, 4) is 11.5 Å². The molecule has 0 saturated heterocycles. The highest BCUT2D eigenvalue weighted by Gasteiger charge is 2.16. The number of methoxy groups -OCH3 is 1. The molecule has 1 atom stereocenters. The summed E-state index contributed by atoms with van der Waals surface area (Å²) in [4.78, 5) is 23.7. The third kappa shape index (κ3) is 5.48. The second kappa shape index (κ2) is 9.07. The third-order valence-corrected chi connectivity index (χ3v) is 4.04. The number of carbonyl (C=O) groups is 2. The molecule has 0 fully saturated rings. The van der Waals surface area contributed by atoms with E-state index in [0.29, 0.717) is 40.8 Å². The molecule has 6 heteroatoms. The van der Waals surface area contributed by atoms with Gasteiger partial charge in [-0.15, -0.1) is 0 Å². The van der Waals surface area contributed by atoms with Gasteiger partial charge in [-0.05, 0) is 42.7 Å². The molecule has 0 aliphatic rings. The van der Waals surface area contributed by atoms with Crippen molar-refractivity contribution in [2.24, 2.45) is 5.92 Å². The molecule has 0 aliphatic heterocycles. The summed E-state index contributed by atoms with van der Waals surface area (Å²) in [5.74, 6) is -0.426. The highest BCUT2D eigenvalue weighted by atomic mass is 16.5. The maximum atomic E-state index is 12.7. The first-order valence-electron chi connectivity index (χ1n) is 8.76. The van der Waals surface area contributed by atoms with E-state index in [9.17, 15) is 9.59 Å². The van der Waals surface area contributed by atoms with E-state index in [1.54, 1.807) is 56.5 Å². The third-order valence-electron chi connectivity index (χ3n) is 4.04. The summed E-state index contributed by atoms with van der Waals surface area (Å²) in [6.45, 7) is 6.15. The molecular weight excluding hydrogens is 346 g/mol. The van der Waals surface area contributed by atoms with Crippen molar-refractivity contribution >= 4 is 17.6 Å². The number of amides is 1. The molecule has 0 heterocycles. The number of carbonyl (C=O) groups excluding carboxylic acids is 1. The van der Waals surface area contributed by atoms with Crippen molar-refractivity contribution < 1.29 is 24.2 Å². The lowest BCUT2D eigenvalue weighted by atomic mass is 10.0. The molecule has 0 aliphatic carbocycles. The van der Waals surface area contributed by atoms with Gasteiger partial charge in [0.2, 0.25) is 0 Å². The van der Waals surface area contributed by atoms with Crippen LogP contribution in [0.25, 0.3) is 0 Å². The quantitative estimate of drug-likeness (QED) is 0.727. The molecule has 27 heavy (non-hydrogen) atoms. The van der Waals surface area contributed by atoms with Crippen LogP contribution in [-0.4, -0.2) is 30.7 Å². The van der Waals surface area contributed by atoms with E-state index in [0.717, 1.165) is 0 Å². The van der Waals surface area contributed by atoms with Gasteiger partial charge in [-0.1, -0.05) is 26.0 Å². The molecule has 0 bridgehead atoms. The lowest BCUT2D eigenvalue weighted by Gasteiger charge is -2.15. The molecule has 2 rings (SSSR count). The van der Waals surface area contributed by atoms with Gasteiger partial charge in [0.25, 0.3) is 5.91 Å². The number of anilines is 1. The van der Waals surface area contributed by atoms with Gasteiger partial charge < -0.3 is 19.9 Å². The van der Waals surface area contributed by atoms with Gasteiger partial charge in [-0.2, -0.15) is 0 Å². The monoisotopic (exact) mass is 371 g/mol. The van der Waals surface area contributed by atoms with Crippen LogP contribution in [0.4, 0.5) is 5.69 Å². The number of carboxylic acids is 1. The normalized spacial score (nSPS) is 11.7. The zero-order chi connectivity index (χ0) is 20.0. The van der Waals surface area contributed by atoms with Gasteiger partial charge in [0, 0.05) is 11.8 Å². The Morgan fingerprint density at radius 3 is 2.30 bits per heavy atom. The summed E-state index contributed by atoms with van der Waals surface area (Å²) >= 11 is 0. The summed E-state index contributed by atoms with van der Waals surface area (Å²) in [5.41, 5.74) is 1.65. The first kappa shape index (κ1) is 20.3. The van der Waals surface area contributed by atoms with Crippen LogP contribution >= 0.6 is 0 Å². The average molecular weight is 371 g/mol. The molecule has 0 spiro atoms. The fourth-order valence-electron chi connectivity index (χ4n) is 2.39. The van der Waals surface area contributed by atoms with Crippen molar-refractivity contribution in [2.45, 2.75) is 26.7 Å². The SMILES string of the molecule is COc1ccc(C(=O)Nc2ccc(C(C)C(=O)O)cc2)c(OCC(C)C)c1. The fraction of sp³-hybridized carbons (Fsp3) is 0.333. The molecule has 2 N–H and O–H groups in total. The minimum absolute atomic E-state index is 0.310. The predicted octanol–water partition coefficient (Wildman–Crippen LogP) is 4.17. The lowest BCUT2D eigenvalue weighted by molar-refractivity contribution is -0.138. The average Bonchev–Trinajstić information content (AvgIpc) is 2.65. The second-order valence-electron chi connectivity index (χ2n) is 6.70. The number of carboxylic acid groups (broad SMARTS) is 1. The smallest absolute Gasteiger partial charge is 0.310 e. The molecule has 6 nitrogen and oxygen atoms in total. The number of hydrogen-bond acceptors (Lipinski definition) is 4. The minimum atomic E-state index is -0.892. The Balaban J connectivity index is 2.18. The Hall–Kier alpha value is -3.02. The predicted molar refractivity (Wildman–Crippen MR) is 104 cm³/mol. The minimum Gasteiger partial charge on any atom is -0.497 e. The molecule has 0 radical (unpaired) electrons. The van der Waals surface area contributed by atoms with Crippen LogP contribution in [0.1, 0.15) is 42.6 Å². The molecule has 1 amide bonds. The standard InChI is InChI=1S/C21H25NO5/c1-13(2)12-27-19-11-17(26-4)9-10-18(19)20(23)22-16-7-5-15(6-8-16)14(3)21(24)25/h5-11,13-14H,12H2,1-4H3,(H,22,23)(H,24,25). The van der Waals surface area contributed by atoms with Crippen LogP contribution in [0.5, 0.6) is 11.5 Å². The van der Waals surface area contributed by atoms with Crippen LogP contribution in [0, 0.1) is 5.92 Å². The van der Waals surface area contributed by atoms with E-state index >= 15 is 0 Å². The lowest BCUT2D eigenvalue weighted by Crippen LogP contribution is -2.15. The molecule has 2 aromatic rings. The first-order chi connectivity index (χ1) is 12.8. The Morgan fingerprint density at radius 1 is 1.07 bits per heavy atom. The molecule has 1 unspecified atom stereocenters. The topological polar surface area (TPSA) is 84.9 Å². The van der Waals surface area contributed by atoms with E-state index in [1.807, 2.05) is 13.8 Å². The second-order valence-corrected chi connectivity index (χ2v) is 6.70. The van der Waals surface area contributed by atoms with Gasteiger partial charge in [0.15, 0.2) is 0 Å². The zero-order valence-corrected chi connectivity index (χ0v) is 16.0. The van der Waals surface area contributed by atoms with Crippen molar-refractivity contribution in [3.63, 3.8) is 0 Å². The van der Waals surface area contributed by atoms with Crippen LogP contribution in [-0.2, 0) is 4.79 Å². The highest BCUT2D eigenvalue weighted by molar-refractivity contribution is 6.06. The fourth-order valence-corrected chi connectivity index (χ4v) is 2.39. The van der Waals surface area contributed by atoms with Crippen molar-refractivity contribution in [1.82, 2.24) is 0 Å². The Kier molecular flexibility index (Phi) is 6.82. The van der Waals surface area contributed by atoms with E-state index in [1.165, 1.54) is 0 Å². The highest BCUT2D eigenvalue weighted by Crippen LogP contribution is 2.27. The first-order valence-corrected chi connectivity index (χ1v) is 8.76. The number of benzene rings is 2. The van der Waals surface area contributed by atoms with Crippen molar-refractivity contribution in [1.29, 1.82) is 0 Å². The zero-order valence-electron chi connectivity index (χ0n) is 16.0. The van der Waals surface area contributed by atoms with E-state index in [4.69, 9.17) is 14.6 Å². The van der Waals surface area contributed by atoms with Gasteiger partial charge in [-0.25, -0.2) is 0 Å². The van der Waals surface area contributed by atoms with Crippen molar-refractivity contribution in [3.05, 3.63) is 53.6 Å². The summed E-state index contributed by atoms with van der Waals surface area (Å²) in [6.07, 6.45) is 0. The van der Waals surface area contributed by atoms with Gasteiger partial charge in [0.1, 0.15) is 11.5 Å². The van der Waals surface area contributed by atoms with E-state index in [2.05, 4.69) is 5.32 Å². The van der Waals surface area contributed by atoms with Crippen molar-refractivity contribution in [2.75, 3.05) is 19.0 Å². The molecule has 0 saturated carbocycles. The maximum absolute atomic E-state index is 12.7. The van der Waals surface area contributed by atoms with Crippen LogP contribution < -0.4 is 14.8 Å². The largest absolute Gasteiger partial charge is 0.497 e. The summed E-state index contributed by atoms with van der Waals surface area (Å²) < 4.78 is 11.0. The molecule has 0 aromatic heterocycles. The van der Waals surface area contributed by atoms with Crippen LogP contribution in [0.3, 0.4) is 0 Å². The van der Waals surface area contributed by atoms with Gasteiger partial charge in [-0.3, -0.25) is 9.59 Å². The number of hydrogen-bond donors (Lipinski definition) is 2. The van der Waals surface area contributed by atoms with Gasteiger partial charge >= 0.3 is 5.97 Å². The Morgan fingerprint density at radius 2 is 1.74 bits per heavy atom. The molecule has 144 valence electrons. The maximum Gasteiger partial charge on any atom is 0.310 e. The number of ether oxygens (including phenoxy) is 2. The summed E-state index contributed by atoms with van der Waals surface area (Å²) in [7, 11) is 1.56. The summed E-state index contributed by atoms with van der Waals surface area (Å²) in [6, 6.07) is 11.8. The number of nitrogens with one attached hydrogen (secondary N) is 1. The summed E-state index contributed by atoms with van der Waals surface area (Å²) in [5, 5.41) is 11.9. The Bertz CT molecular complexity index is 799. The van der Waals surface area contributed by atoms with Crippen LogP contribution in [0.2, 0.25) is 0 Å².